The predicted molar refractivity (Wildman–Crippen MR) is 76.0 cm³/mol. The van der Waals surface area contributed by atoms with E-state index in [1.165, 1.54) is 10.3 Å². The van der Waals surface area contributed by atoms with Gasteiger partial charge in [-0.2, -0.15) is 0 Å². The Morgan fingerprint density at radius 1 is 1.33 bits per heavy atom. The van der Waals surface area contributed by atoms with Crippen LogP contribution in [0.2, 0.25) is 0 Å². The highest BCUT2D eigenvalue weighted by Gasteiger charge is 2.46. The molecule has 0 amide bonds. The fraction of sp³-hybridized carbons (Fsp3) is 0.562. The van der Waals surface area contributed by atoms with Crippen molar-refractivity contribution in [2.75, 3.05) is 0 Å². The molecule has 98 valence electrons. The summed E-state index contributed by atoms with van der Waals surface area (Å²) in [4.78, 5) is 0. The van der Waals surface area contributed by atoms with Gasteiger partial charge in [0.2, 0.25) is 0 Å². The molecule has 1 aromatic carbocycles. The first-order valence-electron chi connectivity index (χ1n) is 6.86. The van der Waals surface area contributed by atoms with E-state index in [0.717, 1.165) is 18.6 Å². The zero-order valence-corrected chi connectivity index (χ0v) is 11.8. The van der Waals surface area contributed by atoms with Gasteiger partial charge in [0.05, 0.1) is 5.92 Å². The molecule has 0 spiro atoms. The Morgan fingerprint density at radius 3 is 2.50 bits per heavy atom. The summed E-state index contributed by atoms with van der Waals surface area (Å²) in [6.07, 6.45) is 1.94. The third-order valence-electron chi connectivity index (χ3n) is 4.16. The Morgan fingerprint density at radius 2 is 1.94 bits per heavy atom. The average Bonchev–Trinajstić information content (AvgIpc) is 2.61. The van der Waals surface area contributed by atoms with Gasteiger partial charge in [0.1, 0.15) is 0 Å². The molecule has 0 N–H and O–H groups in total. The van der Waals surface area contributed by atoms with E-state index in [1.807, 2.05) is 19.9 Å². The van der Waals surface area contributed by atoms with Crippen LogP contribution in [0.4, 0.5) is 0 Å². The van der Waals surface area contributed by atoms with Crippen molar-refractivity contribution in [3.63, 3.8) is 0 Å². The Bertz CT molecular complexity index is 447. The fourth-order valence-corrected chi connectivity index (χ4v) is 2.90. The molecule has 1 aliphatic rings. The lowest BCUT2D eigenvalue weighted by Gasteiger charge is -2.19. The Hall–Kier alpha value is -1.31. The summed E-state index contributed by atoms with van der Waals surface area (Å²) >= 11 is 0. The van der Waals surface area contributed by atoms with Gasteiger partial charge in [0, 0.05) is 26.2 Å². The quantitative estimate of drug-likeness (QED) is 0.585. The van der Waals surface area contributed by atoms with Crippen molar-refractivity contribution >= 4 is 5.71 Å². The lowest BCUT2D eigenvalue weighted by Crippen LogP contribution is -2.30. The van der Waals surface area contributed by atoms with E-state index < -0.39 is 0 Å². The molecule has 1 aliphatic heterocycles. The molecule has 2 atom stereocenters. The second-order valence-corrected chi connectivity index (χ2v) is 6.01. The number of hydrogen-bond donors (Lipinski definition) is 0. The molecule has 0 bridgehead atoms. The largest absolute Gasteiger partial charge is 0.623 e. The average molecular weight is 245 g/mol. The molecule has 2 rings (SSSR count). The van der Waals surface area contributed by atoms with Crippen molar-refractivity contribution in [2.24, 2.45) is 5.92 Å². The smallest absolute Gasteiger partial charge is 0.174 e. The highest BCUT2D eigenvalue weighted by atomic mass is 16.5. The van der Waals surface area contributed by atoms with Gasteiger partial charge in [0.15, 0.2) is 11.3 Å². The molecule has 1 aromatic rings. The van der Waals surface area contributed by atoms with Crippen molar-refractivity contribution in [2.45, 2.75) is 52.0 Å². The van der Waals surface area contributed by atoms with Crippen molar-refractivity contribution in [1.29, 1.82) is 0 Å². The van der Waals surface area contributed by atoms with Crippen molar-refractivity contribution in [1.82, 2.24) is 0 Å². The molecule has 18 heavy (non-hydrogen) atoms. The van der Waals surface area contributed by atoms with Gasteiger partial charge in [-0.15, -0.1) is 0 Å². The van der Waals surface area contributed by atoms with E-state index in [1.54, 1.807) is 0 Å². The maximum Gasteiger partial charge on any atom is 0.174 e. The Labute approximate surface area is 110 Å². The zero-order chi connectivity index (χ0) is 13.3. The maximum atomic E-state index is 12.5. The van der Waals surface area contributed by atoms with Gasteiger partial charge >= 0.3 is 0 Å². The molecular formula is C16H23NO. The van der Waals surface area contributed by atoms with Crippen LogP contribution in [0.5, 0.6) is 0 Å². The molecule has 0 aromatic heterocycles. The van der Waals surface area contributed by atoms with Gasteiger partial charge < -0.3 is 5.21 Å². The molecule has 0 fully saturated rings. The molecule has 2 unspecified atom stereocenters. The van der Waals surface area contributed by atoms with E-state index in [9.17, 15) is 5.21 Å². The predicted octanol–water partition coefficient (Wildman–Crippen LogP) is 3.95. The fourth-order valence-electron chi connectivity index (χ4n) is 2.90. The Balaban J connectivity index is 2.44. The van der Waals surface area contributed by atoms with Crippen molar-refractivity contribution in [3.8, 4) is 0 Å². The highest BCUT2D eigenvalue weighted by Crippen LogP contribution is 2.38. The van der Waals surface area contributed by atoms with Gasteiger partial charge in [-0.1, -0.05) is 44.2 Å². The standard InChI is InChI=1S/C16H23NO/c1-5-12(2)15-14(11-16(3,4)17(15)18)13-9-7-6-8-10-13/h6-10,12,14H,5,11H2,1-4H3. The maximum absolute atomic E-state index is 12.5. The van der Waals surface area contributed by atoms with Gasteiger partial charge in [-0.3, -0.25) is 0 Å². The monoisotopic (exact) mass is 245 g/mol. The summed E-state index contributed by atoms with van der Waals surface area (Å²) in [5.41, 5.74) is 2.06. The molecule has 0 saturated carbocycles. The van der Waals surface area contributed by atoms with Crippen molar-refractivity contribution < 1.29 is 4.74 Å². The van der Waals surface area contributed by atoms with Crippen LogP contribution in [0.15, 0.2) is 30.3 Å². The van der Waals surface area contributed by atoms with E-state index >= 15 is 0 Å². The minimum absolute atomic E-state index is 0.279. The number of hydroxylamine groups is 1. The van der Waals surface area contributed by atoms with Gasteiger partial charge in [-0.05, 0) is 12.0 Å². The van der Waals surface area contributed by atoms with Crippen LogP contribution >= 0.6 is 0 Å². The van der Waals surface area contributed by atoms with Crippen molar-refractivity contribution in [3.05, 3.63) is 41.1 Å². The summed E-state index contributed by atoms with van der Waals surface area (Å²) in [5, 5.41) is 12.5. The number of hydrogen-bond acceptors (Lipinski definition) is 1. The summed E-state index contributed by atoms with van der Waals surface area (Å²) in [6, 6.07) is 10.4. The second kappa shape index (κ2) is 4.75. The third-order valence-corrected chi connectivity index (χ3v) is 4.16. The first-order valence-corrected chi connectivity index (χ1v) is 6.86. The van der Waals surface area contributed by atoms with Crippen LogP contribution in [0.3, 0.4) is 0 Å². The van der Waals surface area contributed by atoms with Gasteiger partial charge in [-0.25, -0.2) is 4.74 Å². The molecule has 0 saturated heterocycles. The lowest BCUT2D eigenvalue weighted by molar-refractivity contribution is -0.533. The topological polar surface area (TPSA) is 26.1 Å². The minimum atomic E-state index is -0.279. The van der Waals surface area contributed by atoms with E-state index in [2.05, 4.69) is 38.1 Å². The molecule has 0 aliphatic carbocycles. The van der Waals surface area contributed by atoms with E-state index in [0.29, 0.717) is 5.92 Å². The number of rotatable bonds is 3. The summed E-state index contributed by atoms with van der Waals surface area (Å²) in [5.74, 6) is 0.642. The normalized spacial score (nSPS) is 24.3. The van der Waals surface area contributed by atoms with Crippen LogP contribution in [0, 0.1) is 11.1 Å². The molecule has 0 radical (unpaired) electrons. The van der Waals surface area contributed by atoms with Crippen LogP contribution in [-0.4, -0.2) is 16.0 Å². The summed E-state index contributed by atoms with van der Waals surface area (Å²) in [7, 11) is 0. The second-order valence-electron chi connectivity index (χ2n) is 6.01. The molecular weight excluding hydrogens is 222 g/mol. The molecule has 1 heterocycles. The molecule has 2 nitrogen and oxygen atoms in total. The first kappa shape index (κ1) is 13.1. The third kappa shape index (κ3) is 2.16. The van der Waals surface area contributed by atoms with E-state index in [4.69, 9.17) is 0 Å². The van der Waals surface area contributed by atoms with Crippen LogP contribution in [-0.2, 0) is 0 Å². The summed E-state index contributed by atoms with van der Waals surface area (Å²) < 4.78 is 1.28. The minimum Gasteiger partial charge on any atom is -0.623 e. The lowest BCUT2D eigenvalue weighted by atomic mass is 9.83. The molecule has 2 heteroatoms. The highest BCUT2D eigenvalue weighted by molar-refractivity contribution is 5.90. The van der Waals surface area contributed by atoms with Crippen LogP contribution in [0.25, 0.3) is 0 Å². The van der Waals surface area contributed by atoms with Gasteiger partial charge in [0.25, 0.3) is 0 Å². The number of nitrogens with zero attached hydrogens (tertiary/aromatic N) is 1. The summed E-state index contributed by atoms with van der Waals surface area (Å²) in [6.45, 7) is 8.41. The van der Waals surface area contributed by atoms with Crippen LogP contribution in [0.1, 0.15) is 52.0 Å². The SMILES string of the molecule is CCC(C)C1=[N+]([O-])C(C)(C)CC1c1ccccc1. The number of benzene rings is 1. The first-order chi connectivity index (χ1) is 8.47. The van der Waals surface area contributed by atoms with E-state index in [-0.39, 0.29) is 11.5 Å². The Kier molecular flexibility index (Phi) is 3.47. The zero-order valence-electron chi connectivity index (χ0n) is 11.8. The van der Waals surface area contributed by atoms with Crippen LogP contribution < -0.4 is 0 Å².